The van der Waals surface area contributed by atoms with E-state index in [4.69, 9.17) is 4.74 Å². The Kier molecular flexibility index (Phi) is 6.29. The fraction of sp³-hybridized carbons (Fsp3) is 0.867. The highest BCUT2D eigenvalue weighted by molar-refractivity contribution is 5.76. The molecule has 0 spiro atoms. The van der Waals surface area contributed by atoms with Crippen LogP contribution in [0.25, 0.3) is 0 Å². The quantitative estimate of drug-likeness (QED) is 0.690. The maximum absolute atomic E-state index is 12.0. The molecule has 6 heteroatoms. The zero-order valence-electron chi connectivity index (χ0n) is 12.5. The van der Waals surface area contributed by atoms with Crippen LogP contribution in [0.3, 0.4) is 0 Å². The minimum absolute atomic E-state index is 0.236. The lowest BCUT2D eigenvalue weighted by atomic mass is 9.95. The Balaban J connectivity index is 1.77. The molecule has 3 N–H and O–H groups in total. The standard InChI is InChI=1S/C15H26N2O4/c18-14(19)12-4-2-1-3-5-13(12)17-15(20)16-10-11-6-8-21-9-7-11/h11-13H,1-10H2,(H,18,19)(H2,16,17,20). The van der Waals surface area contributed by atoms with Crippen molar-refractivity contribution in [1.82, 2.24) is 10.6 Å². The molecule has 1 saturated heterocycles. The van der Waals surface area contributed by atoms with Crippen LogP contribution in [0, 0.1) is 11.8 Å². The van der Waals surface area contributed by atoms with Crippen LogP contribution < -0.4 is 10.6 Å². The lowest BCUT2D eigenvalue weighted by Crippen LogP contribution is -2.48. The Hall–Kier alpha value is -1.30. The molecule has 0 aromatic carbocycles. The van der Waals surface area contributed by atoms with Gasteiger partial charge in [0.25, 0.3) is 0 Å². The highest BCUT2D eigenvalue weighted by Crippen LogP contribution is 2.23. The van der Waals surface area contributed by atoms with Crippen molar-refractivity contribution < 1.29 is 19.4 Å². The van der Waals surface area contributed by atoms with E-state index in [1.54, 1.807) is 0 Å². The van der Waals surface area contributed by atoms with E-state index in [-0.39, 0.29) is 12.1 Å². The van der Waals surface area contributed by atoms with Gasteiger partial charge in [0.2, 0.25) is 0 Å². The lowest BCUT2D eigenvalue weighted by molar-refractivity contribution is -0.142. The predicted molar refractivity (Wildman–Crippen MR) is 78.1 cm³/mol. The molecule has 0 radical (unpaired) electrons. The van der Waals surface area contributed by atoms with Crippen molar-refractivity contribution in [2.24, 2.45) is 11.8 Å². The SMILES string of the molecule is O=C(NCC1CCOCC1)NC1CCCCCC1C(=O)O. The molecule has 120 valence electrons. The number of hydrogen-bond acceptors (Lipinski definition) is 3. The molecule has 0 bridgehead atoms. The second kappa shape index (κ2) is 8.22. The molecule has 1 heterocycles. The monoisotopic (exact) mass is 298 g/mol. The van der Waals surface area contributed by atoms with E-state index >= 15 is 0 Å². The summed E-state index contributed by atoms with van der Waals surface area (Å²) >= 11 is 0. The van der Waals surface area contributed by atoms with Crippen molar-refractivity contribution in [1.29, 1.82) is 0 Å². The first-order valence-electron chi connectivity index (χ1n) is 8.01. The molecule has 2 unspecified atom stereocenters. The normalized spacial score (nSPS) is 27.6. The van der Waals surface area contributed by atoms with Gasteiger partial charge in [-0.1, -0.05) is 19.3 Å². The van der Waals surface area contributed by atoms with E-state index in [1.165, 1.54) is 0 Å². The van der Waals surface area contributed by atoms with Gasteiger partial charge in [-0.3, -0.25) is 4.79 Å². The predicted octanol–water partition coefficient (Wildman–Crippen LogP) is 1.75. The van der Waals surface area contributed by atoms with Crippen LogP contribution in [-0.2, 0) is 9.53 Å². The van der Waals surface area contributed by atoms with Gasteiger partial charge in [-0.05, 0) is 31.6 Å². The van der Waals surface area contributed by atoms with E-state index in [0.717, 1.165) is 51.7 Å². The van der Waals surface area contributed by atoms with Crippen molar-refractivity contribution in [2.45, 2.75) is 51.0 Å². The summed E-state index contributed by atoms with van der Waals surface area (Å²) < 4.78 is 5.29. The summed E-state index contributed by atoms with van der Waals surface area (Å²) in [5.74, 6) is -0.790. The van der Waals surface area contributed by atoms with E-state index in [2.05, 4.69) is 10.6 Å². The number of carboxylic acid groups (broad SMARTS) is 1. The van der Waals surface area contributed by atoms with Crippen LogP contribution in [0.5, 0.6) is 0 Å². The summed E-state index contributed by atoms with van der Waals surface area (Å²) in [6.07, 6.45) is 6.31. The van der Waals surface area contributed by atoms with Gasteiger partial charge in [-0.2, -0.15) is 0 Å². The molecular formula is C15H26N2O4. The van der Waals surface area contributed by atoms with E-state index in [1.807, 2.05) is 0 Å². The number of aliphatic carboxylic acids is 1. The number of nitrogens with one attached hydrogen (secondary N) is 2. The molecule has 2 fully saturated rings. The van der Waals surface area contributed by atoms with Gasteiger partial charge in [0.05, 0.1) is 5.92 Å². The first-order chi connectivity index (χ1) is 10.2. The summed E-state index contributed by atoms with van der Waals surface area (Å²) in [5, 5.41) is 15.0. The molecule has 0 aromatic rings. The third kappa shape index (κ3) is 5.19. The summed E-state index contributed by atoms with van der Waals surface area (Å²) in [7, 11) is 0. The smallest absolute Gasteiger partial charge is 0.315 e. The number of carboxylic acids is 1. The van der Waals surface area contributed by atoms with Crippen LogP contribution in [0.2, 0.25) is 0 Å². The lowest BCUT2D eigenvalue weighted by Gasteiger charge is -2.25. The largest absolute Gasteiger partial charge is 0.481 e. The number of ether oxygens (including phenoxy) is 1. The van der Waals surface area contributed by atoms with E-state index < -0.39 is 11.9 Å². The molecule has 2 atom stereocenters. The Morgan fingerprint density at radius 1 is 1.05 bits per heavy atom. The molecule has 21 heavy (non-hydrogen) atoms. The zero-order chi connectivity index (χ0) is 15.1. The van der Waals surface area contributed by atoms with Crippen molar-refractivity contribution in [3.05, 3.63) is 0 Å². The highest BCUT2D eigenvalue weighted by Gasteiger charge is 2.30. The first kappa shape index (κ1) is 16.1. The average Bonchev–Trinajstić information content (AvgIpc) is 2.72. The number of urea groups is 1. The number of carbonyl (C=O) groups excluding carboxylic acids is 1. The summed E-state index contributed by atoms with van der Waals surface area (Å²) in [6.45, 7) is 2.16. The van der Waals surface area contributed by atoms with E-state index in [0.29, 0.717) is 18.9 Å². The van der Waals surface area contributed by atoms with Gasteiger partial charge >= 0.3 is 12.0 Å². The first-order valence-corrected chi connectivity index (χ1v) is 8.01. The third-order valence-corrected chi connectivity index (χ3v) is 4.54. The third-order valence-electron chi connectivity index (χ3n) is 4.54. The van der Waals surface area contributed by atoms with E-state index in [9.17, 15) is 14.7 Å². The molecule has 0 aromatic heterocycles. The summed E-state index contributed by atoms with van der Waals surface area (Å²) in [4.78, 5) is 23.3. The van der Waals surface area contributed by atoms with Gasteiger partial charge < -0.3 is 20.5 Å². The number of hydrogen-bond donors (Lipinski definition) is 3. The molecular weight excluding hydrogens is 272 g/mol. The van der Waals surface area contributed by atoms with Gasteiger partial charge in [-0.15, -0.1) is 0 Å². The van der Waals surface area contributed by atoms with Crippen LogP contribution in [0.1, 0.15) is 44.9 Å². The van der Waals surface area contributed by atoms with Crippen LogP contribution in [0.4, 0.5) is 4.79 Å². The topological polar surface area (TPSA) is 87.7 Å². The Morgan fingerprint density at radius 3 is 2.48 bits per heavy atom. The molecule has 2 amide bonds. The maximum atomic E-state index is 12.0. The Morgan fingerprint density at radius 2 is 1.76 bits per heavy atom. The summed E-state index contributed by atoms with van der Waals surface area (Å²) in [6, 6.07) is -0.487. The van der Waals surface area contributed by atoms with Gasteiger partial charge in [-0.25, -0.2) is 4.79 Å². The van der Waals surface area contributed by atoms with Crippen LogP contribution in [0.15, 0.2) is 0 Å². The average molecular weight is 298 g/mol. The van der Waals surface area contributed by atoms with Crippen molar-refractivity contribution in [3.63, 3.8) is 0 Å². The van der Waals surface area contributed by atoms with Crippen molar-refractivity contribution in [3.8, 4) is 0 Å². The molecule has 1 aliphatic carbocycles. The number of carbonyl (C=O) groups is 2. The molecule has 1 aliphatic heterocycles. The molecule has 1 saturated carbocycles. The second-order valence-electron chi connectivity index (χ2n) is 6.10. The van der Waals surface area contributed by atoms with Crippen molar-refractivity contribution >= 4 is 12.0 Å². The van der Waals surface area contributed by atoms with Gasteiger partial charge in [0.1, 0.15) is 0 Å². The fourth-order valence-corrected chi connectivity index (χ4v) is 3.18. The fourth-order valence-electron chi connectivity index (χ4n) is 3.18. The molecule has 6 nitrogen and oxygen atoms in total. The van der Waals surface area contributed by atoms with Gasteiger partial charge in [0.15, 0.2) is 0 Å². The Labute approximate surface area is 125 Å². The number of amides is 2. The molecule has 2 rings (SSSR count). The van der Waals surface area contributed by atoms with Crippen molar-refractivity contribution in [2.75, 3.05) is 19.8 Å². The van der Waals surface area contributed by atoms with Crippen LogP contribution in [-0.4, -0.2) is 42.9 Å². The number of rotatable bonds is 4. The minimum Gasteiger partial charge on any atom is -0.481 e. The maximum Gasteiger partial charge on any atom is 0.315 e. The van der Waals surface area contributed by atoms with Gasteiger partial charge in [0, 0.05) is 25.8 Å². The minimum atomic E-state index is -0.799. The Bertz CT molecular complexity index is 356. The highest BCUT2D eigenvalue weighted by atomic mass is 16.5. The zero-order valence-corrected chi connectivity index (χ0v) is 12.5. The summed E-state index contributed by atoms with van der Waals surface area (Å²) in [5.41, 5.74) is 0. The molecule has 2 aliphatic rings. The van der Waals surface area contributed by atoms with Crippen LogP contribution >= 0.6 is 0 Å². The second-order valence-corrected chi connectivity index (χ2v) is 6.10.